The molecule has 17 nitrogen and oxygen atoms in total. The van der Waals surface area contributed by atoms with E-state index >= 15 is 0 Å². The SMILES string of the molecule is CCC(C)CCCCCCCCCCC(=O)OC[C@H](COP(=O)(O)OC[C@H](O)COP(=O)(O)OC[C@@H](COC(=O)CCCCCCCCCCCCCC(C)C)OC(=O)CCCCCCCCCCCCCCC(C)C)OC(=O)CCCCCCCCCCCC(C)C. The summed E-state index contributed by atoms with van der Waals surface area (Å²) in [5.41, 5.74) is 0. The van der Waals surface area contributed by atoms with Crippen molar-refractivity contribution in [2.24, 2.45) is 23.7 Å². The molecular formula is C74H144O17P2. The number of ether oxygens (including phenoxy) is 4. The lowest BCUT2D eigenvalue weighted by molar-refractivity contribution is -0.161. The van der Waals surface area contributed by atoms with E-state index < -0.39 is 97.5 Å². The van der Waals surface area contributed by atoms with Gasteiger partial charge in [-0.3, -0.25) is 37.3 Å². The van der Waals surface area contributed by atoms with Gasteiger partial charge in [0.2, 0.25) is 0 Å². The van der Waals surface area contributed by atoms with Gasteiger partial charge in [0, 0.05) is 25.7 Å². The van der Waals surface area contributed by atoms with Crippen LogP contribution in [0, 0.1) is 23.7 Å². The summed E-state index contributed by atoms with van der Waals surface area (Å²) in [7, 11) is -9.91. The summed E-state index contributed by atoms with van der Waals surface area (Å²) in [6.45, 7) is 14.2. The average molecular weight is 1370 g/mol. The zero-order chi connectivity index (χ0) is 68.9. The van der Waals surface area contributed by atoms with Crippen molar-refractivity contribution in [3.8, 4) is 0 Å². The second-order valence-electron chi connectivity index (χ2n) is 28.4. The molecule has 0 rings (SSSR count). The van der Waals surface area contributed by atoms with Crippen molar-refractivity contribution < 1.29 is 80.2 Å². The molecule has 0 aromatic carbocycles. The quantitative estimate of drug-likeness (QED) is 0.0222. The molecule has 0 spiro atoms. The van der Waals surface area contributed by atoms with E-state index in [0.29, 0.717) is 25.7 Å². The molecule has 3 unspecified atom stereocenters. The van der Waals surface area contributed by atoms with E-state index in [2.05, 4.69) is 55.4 Å². The van der Waals surface area contributed by atoms with Gasteiger partial charge in [-0.25, -0.2) is 9.13 Å². The normalized spacial score (nSPS) is 14.5. The van der Waals surface area contributed by atoms with E-state index in [0.717, 1.165) is 114 Å². The Kier molecular flexibility index (Phi) is 62.2. The lowest BCUT2D eigenvalue weighted by atomic mass is 9.99. The molecule has 19 heteroatoms. The van der Waals surface area contributed by atoms with Gasteiger partial charge >= 0.3 is 39.5 Å². The third kappa shape index (κ3) is 67.0. The number of esters is 4. The van der Waals surface area contributed by atoms with Crippen molar-refractivity contribution in [2.75, 3.05) is 39.6 Å². The third-order valence-corrected chi connectivity index (χ3v) is 19.3. The van der Waals surface area contributed by atoms with Crippen LogP contribution >= 0.6 is 15.6 Å². The van der Waals surface area contributed by atoms with Crippen molar-refractivity contribution >= 4 is 39.5 Å². The molecule has 0 fully saturated rings. The van der Waals surface area contributed by atoms with Gasteiger partial charge in [-0.2, -0.15) is 0 Å². The zero-order valence-electron chi connectivity index (χ0n) is 60.9. The zero-order valence-corrected chi connectivity index (χ0v) is 62.7. The van der Waals surface area contributed by atoms with E-state index in [4.69, 9.17) is 37.0 Å². The maximum Gasteiger partial charge on any atom is 0.472 e. The minimum Gasteiger partial charge on any atom is -0.462 e. The highest BCUT2D eigenvalue weighted by Gasteiger charge is 2.30. The first-order valence-electron chi connectivity index (χ1n) is 38.2. The van der Waals surface area contributed by atoms with Crippen LogP contribution in [0.3, 0.4) is 0 Å². The molecular weight excluding hydrogens is 1220 g/mol. The Morgan fingerprint density at radius 2 is 0.516 bits per heavy atom. The molecule has 0 saturated carbocycles. The van der Waals surface area contributed by atoms with E-state index in [1.807, 2.05) is 0 Å². The van der Waals surface area contributed by atoms with Gasteiger partial charge in [0.25, 0.3) is 0 Å². The summed E-state index contributed by atoms with van der Waals surface area (Å²) < 4.78 is 68.5. The Bertz CT molecular complexity index is 1840. The van der Waals surface area contributed by atoms with E-state index in [1.54, 1.807) is 0 Å². The summed E-state index contributed by atoms with van der Waals surface area (Å²) in [4.78, 5) is 72.8. The van der Waals surface area contributed by atoms with Crippen LogP contribution in [-0.4, -0.2) is 96.7 Å². The van der Waals surface area contributed by atoms with Crippen LogP contribution in [0.5, 0.6) is 0 Å². The maximum absolute atomic E-state index is 13.1. The van der Waals surface area contributed by atoms with Crippen molar-refractivity contribution in [1.29, 1.82) is 0 Å². The van der Waals surface area contributed by atoms with Crippen LogP contribution in [0.25, 0.3) is 0 Å². The lowest BCUT2D eigenvalue weighted by Gasteiger charge is -2.21. The highest BCUT2D eigenvalue weighted by molar-refractivity contribution is 7.47. The topological polar surface area (TPSA) is 237 Å². The first kappa shape index (κ1) is 91.1. The fourth-order valence-corrected chi connectivity index (χ4v) is 12.7. The number of rotatable bonds is 71. The smallest absolute Gasteiger partial charge is 0.462 e. The van der Waals surface area contributed by atoms with Crippen LogP contribution in [-0.2, 0) is 65.4 Å². The highest BCUT2D eigenvalue weighted by Crippen LogP contribution is 2.45. The van der Waals surface area contributed by atoms with E-state index in [9.17, 15) is 43.2 Å². The molecule has 0 saturated heterocycles. The number of phosphoric acid groups is 2. The molecule has 0 aliphatic rings. The number of phosphoric ester groups is 2. The van der Waals surface area contributed by atoms with E-state index in [1.165, 1.54) is 173 Å². The minimum absolute atomic E-state index is 0.104. The summed E-state index contributed by atoms with van der Waals surface area (Å²) in [6.07, 6.45) is 47.1. The summed E-state index contributed by atoms with van der Waals surface area (Å²) in [6, 6.07) is 0. The molecule has 3 N–H and O–H groups in total. The standard InChI is InChI=1S/C74H144O17P2/c1-9-67(8)53-45-37-29-24-25-31-39-47-55-72(77)85-61-70(91-74(79)57-49-41-33-23-17-20-28-36-44-52-66(6)7)63-89-93(82,83)87-59-68(75)58-86-92(80,81)88-62-69(60-84-71(76)54-46-38-30-21-16-12-14-19-27-35-43-51-65(4)5)90-73(78)56-48-40-32-22-15-11-10-13-18-26-34-42-50-64(2)3/h64-70,75H,9-63H2,1-8H3,(H,80,81)(H,82,83)/t67?,68-,69-,70-/m1/s1. The van der Waals surface area contributed by atoms with Gasteiger partial charge in [0.15, 0.2) is 12.2 Å². The number of aliphatic hydroxyl groups excluding tert-OH is 1. The van der Waals surface area contributed by atoms with Crippen molar-refractivity contribution in [2.45, 2.75) is 388 Å². The van der Waals surface area contributed by atoms with Crippen molar-refractivity contribution in [3.05, 3.63) is 0 Å². The third-order valence-electron chi connectivity index (χ3n) is 17.4. The summed E-state index contributed by atoms with van der Waals surface area (Å²) >= 11 is 0. The predicted octanol–water partition coefficient (Wildman–Crippen LogP) is 21.3. The molecule has 0 aromatic heterocycles. The molecule has 552 valence electrons. The Hall–Kier alpha value is -1.94. The molecule has 0 heterocycles. The van der Waals surface area contributed by atoms with Gasteiger partial charge < -0.3 is 33.8 Å². The number of hydrogen-bond donors (Lipinski definition) is 3. The van der Waals surface area contributed by atoms with Gasteiger partial charge in [0.05, 0.1) is 26.4 Å². The monoisotopic (exact) mass is 1370 g/mol. The Morgan fingerprint density at radius 1 is 0.301 bits per heavy atom. The second kappa shape index (κ2) is 63.5. The highest BCUT2D eigenvalue weighted by atomic mass is 31.2. The summed E-state index contributed by atoms with van der Waals surface area (Å²) in [5, 5.41) is 10.6. The number of aliphatic hydroxyl groups is 1. The number of carbonyl (C=O) groups is 4. The molecule has 0 aliphatic carbocycles. The Balaban J connectivity index is 5.28. The second-order valence-corrected chi connectivity index (χ2v) is 31.3. The van der Waals surface area contributed by atoms with Crippen molar-refractivity contribution in [1.82, 2.24) is 0 Å². The Labute approximate surface area is 568 Å². The fraction of sp³-hybridized carbons (Fsp3) is 0.946. The molecule has 0 radical (unpaired) electrons. The average Bonchev–Trinajstić information content (AvgIpc) is 2.97. The van der Waals surface area contributed by atoms with Gasteiger partial charge in [-0.05, 0) is 49.4 Å². The molecule has 6 atom stereocenters. The number of hydrogen-bond acceptors (Lipinski definition) is 15. The van der Waals surface area contributed by atoms with E-state index in [-0.39, 0.29) is 25.7 Å². The van der Waals surface area contributed by atoms with Crippen molar-refractivity contribution in [3.63, 3.8) is 0 Å². The van der Waals surface area contributed by atoms with Crippen LogP contribution < -0.4 is 0 Å². The van der Waals surface area contributed by atoms with Crippen LogP contribution in [0.1, 0.15) is 370 Å². The molecule has 0 aromatic rings. The Morgan fingerprint density at radius 3 is 0.763 bits per heavy atom. The van der Waals surface area contributed by atoms with Gasteiger partial charge in [0.1, 0.15) is 19.3 Å². The summed E-state index contributed by atoms with van der Waals surface area (Å²) in [5.74, 6) is 0.938. The number of unbranched alkanes of at least 4 members (excludes halogenated alkanes) is 36. The molecule has 0 aliphatic heterocycles. The van der Waals surface area contributed by atoms with Crippen LogP contribution in [0.2, 0.25) is 0 Å². The van der Waals surface area contributed by atoms with Gasteiger partial charge in [-0.15, -0.1) is 0 Å². The number of carbonyl (C=O) groups excluding carboxylic acids is 4. The minimum atomic E-state index is -4.96. The largest absolute Gasteiger partial charge is 0.472 e. The van der Waals surface area contributed by atoms with Crippen LogP contribution in [0.4, 0.5) is 0 Å². The predicted molar refractivity (Wildman–Crippen MR) is 377 cm³/mol. The van der Waals surface area contributed by atoms with Gasteiger partial charge in [-0.1, -0.05) is 319 Å². The molecule has 0 amide bonds. The fourth-order valence-electron chi connectivity index (χ4n) is 11.2. The van der Waals surface area contributed by atoms with Crippen LogP contribution in [0.15, 0.2) is 0 Å². The first-order chi connectivity index (χ1) is 44.6. The molecule has 93 heavy (non-hydrogen) atoms. The first-order valence-corrected chi connectivity index (χ1v) is 41.2. The maximum atomic E-state index is 13.1. The molecule has 0 bridgehead atoms. The lowest BCUT2D eigenvalue weighted by Crippen LogP contribution is -2.30.